The minimum absolute atomic E-state index is 0.0896. The molecular weight excluding hydrogens is 212 g/mol. The highest BCUT2D eigenvalue weighted by Crippen LogP contribution is 2.10. The van der Waals surface area contributed by atoms with Crippen molar-refractivity contribution in [2.24, 2.45) is 0 Å². The lowest BCUT2D eigenvalue weighted by molar-refractivity contribution is -0.138. The van der Waals surface area contributed by atoms with Crippen LogP contribution in [0.25, 0.3) is 0 Å². The maximum Gasteiger partial charge on any atom is 0.305 e. The number of carboxylic acid groups (broad SMARTS) is 1. The molecule has 1 N–H and O–H groups in total. The van der Waals surface area contributed by atoms with Crippen molar-refractivity contribution in [1.29, 1.82) is 0 Å². The number of aromatic nitrogens is 1. The lowest BCUT2D eigenvalue weighted by atomic mass is 10.2. The molecule has 0 fully saturated rings. The number of aliphatic carboxylic acids is 1. The third-order valence-corrected chi connectivity index (χ3v) is 2.25. The van der Waals surface area contributed by atoms with E-state index in [9.17, 15) is 9.59 Å². The van der Waals surface area contributed by atoms with Crippen molar-refractivity contribution in [1.82, 2.24) is 10.1 Å². The summed E-state index contributed by atoms with van der Waals surface area (Å²) in [4.78, 5) is 23.9. The molecule has 0 aliphatic heterocycles. The zero-order valence-electron chi connectivity index (χ0n) is 9.21. The number of hydrogen-bond acceptors (Lipinski definition) is 4. The van der Waals surface area contributed by atoms with E-state index in [1.54, 1.807) is 13.8 Å². The van der Waals surface area contributed by atoms with E-state index < -0.39 is 5.97 Å². The van der Waals surface area contributed by atoms with Gasteiger partial charge >= 0.3 is 5.97 Å². The van der Waals surface area contributed by atoms with Gasteiger partial charge in [-0.1, -0.05) is 5.16 Å². The van der Waals surface area contributed by atoms with E-state index in [2.05, 4.69) is 5.16 Å². The fourth-order valence-corrected chi connectivity index (χ4v) is 1.49. The molecule has 0 bridgehead atoms. The summed E-state index contributed by atoms with van der Waals surface area (Å²) in [6, 6.07) is 1.08. The van der Waals surface area contributed by atoms with Crippen molar-refractivity contribution in [3.05, 3.63) is 18.0 Å². The minimum Gasteiger partial charge on any atom is -0.481 e. The number of rotatable bonds is 5. The summed E-state index contributed by atoms with van der Waals surface area (Å²) in [6.07, 6.45) is 1.29. The molecule has 1 amide bonds. The molecule has 0 aliphatic carbocycles. The van der Waals surface area contributed by atoms with Gasteiger partial charge in [0.25, 0.3) is 5.91 Å². The summed E-state index contributed by atoms with van der Waals surface area (Å²) < 4.78 is 4.74. The monoisotopic (exact) mass is 226 g/mol. The van der Waals surface area contributed by atoms with Crippen LogP contribution < -0.4 is 0 Å². The highest BCUT2D eigenvalue weighted by atomic mass is 16.5. The average Bonchev–Trinajstić information content (AvgIpc) is 2.69. The van der Waals surface area contributed by atoms with Crippen molar-refractivity contribution in [3.8, 4) is 0 Å². The number of carbonyl (C=O) groups is 2. The van der Waals surface area contributed by atoms with Gasteiger partial charge in [0.2, 0.25) is 5.76 Å². The molecule has 1 aromatic rings. The van der Waals surface area contributed by atoms with Crippen LogP contribution in [0.1, 0.15) is 30.8 Å². The number of nitrogens with zero attached hydrogens (tertiary/aromatic N) is 2. The Morgan fingerprint density at radius 1 is 1.62 bits per heavy atom. The van der Waals surface area contributed by atoms with Gasteiger partial charge in [0, 0.05) is 18.7 Å². The van der Waals surface area contributed by atoms with E-state index in [0.29, 0.717) is 6.54 Å². The Morgan fingerprint density at radius 2 is 2.31 bits per heavy atom. The summed E-state index contributed by atoms with van der Waals surface area (Å²) in [5.74, 6) is -1.15. The highest BCUT2D eigenvalue weighted by Gasteiger charge is 2.23. The number of amides is 1. The van der Waals surface area contributed by atoms with Crippen LogP contribution >= 0.6 is 0 Å². The Morgan fingerprint density at radius 3 is 2.75 bits per heavy atom. The molecule has 0 aliphatic rings. The van der Waals surface area contributed by atoms with Crippen molar-refractivity contribution >= 4 is 11.9 Å². The molecule has 1 aromatic heterocycles. The van der Waals surface area contributed by atoms with Crippen LogP contribution in [0.4, 0.5) is 0 Å². The SMILES string of the molecule is CCN(C(=O)c1ccno1)C(C)CC(=O)O. The molecule has 0 radical (unpaired) electrons. The standard InChI is InChI=1S/C10H14N2O4/c1-3-12(7(2)6-9(13)14)10(15)8-4-5-11-16-8/h4-5,7H,3,6H2,1-2H3,(H,13,14). The molecule has 1 heterocycles. The van der Waals surface area contributed by atoms with Crippen LogP contribution in [-0.4, -0.2) is 39.6 Å². The van der Waals surface area contributed by atoms with E-state index in [1.165, 1.54) is 17.2 Å². The molecule has 16 heavy (non-hydrogen) atoms. The van der Waals surface area contributed by atoms with E-state index in [1.807, 2.05) is 0 Å². The third kappa shape index (κ3) is 2.82. The third-order valence-electron chi connectivity index (χ3n) is 2.25. The van der Waals surface area contributed by atoms with Crippen LogP contribution in [0.5, 0.6) is 0 Å². The molecule has 0 spiro atoms. The van der Waals surface area contributed by atoms with E-state index >= 15 is 0 Å². The minimum atomic E-state index is -0.934. The number of carbonyl (C=O) groups excluding carboxylic acids is 1. The second kappa shape index (κ2) is 5.29. The quantitative estimate of drug-likeness (QED) is 0.809. The van der Waals surface area contributed by atoms with Gasteiger partial charge < -0.3 is 14.5 Å². The second-order valence-corrected chi connectivity index (χ2v) is 3.41. The Labute approximate surface area is 92.8 Å². The summed E-state index contributed by atoms with van der Waals surface area (Å²) in [5.41, 5.74) is 0. The van der Waals surface area contributed by atoms with E-state index in [0.717, 1.165) is 0 Å². The van der Waals surface area contributed by atoms with Gasteiger partial charge in [-0.3, -0.25) is 9.59 Å². The zero-order chi connectivity index (χ0) is 12.1. The first-order chi connectivity index (χ1) is 7.56. The first-order valence-electron chi connectivity index (χ1n) is 4.99. The molecule has 1 unspecified atom stereocenters. The molecular formula is C10H14N2O4. The van der Waals surface area contributed by atoms with Crippen LogP contribution in [0.3, 0.4) is 0 Å². The first-order valence-corrected chi connectivity index (χ1v) is 4.99. The first kappa shape index (κ1) is 12.2. The van der Waals surface area contributed by atoms with E-state index in [4.69, 9.17) is 9.63 Å². The molecule has 1 rings (SSSR count). The molecule has 88 valence electrons. The van der Waals surface area contributed by atoms with Gasteiger partial charge in [-0.25, -0.2) is 0 Å². The van der Waals surface area contributed by atoms with Crippen LogP contribution in [0.15, 0.2) is 16.8 Å². The van der Waals surface area contributed by atoms with Gasteiger partial charge in [-0.15, -0.1) is 0 Å². The van der Waals surface area contributed by atoms with Crippen LogP contribution in [0, 0.1) is 0 Å². The summed E-state index contributed by atoms with van der Waals surface area (Å²) in [6.45, 7) is 3.90. The van der Waals surface area contributed by atoms with Gasteiger partial charge in [0.15, 0.2) is 0 Å². The normalized spacial score (nSPS) is 12.1. The predicted octanol–water partition coefficient (Wildman–Crippen LogP) is 1.000. The van der Waals surface area contributed by atoms with Crippen molar-refractivity contribution in [3.63, 3.8) is 0 Å². The van der Waals surface area contributed by atoms with Gasteiger partial charge in [0.1, 0.15) is 0 Å². The Kier molecular flexibility index (Phi) is 4.04. The van der Waals surface area contributed by atoms with Gasteiger partial charge in [-0.2, -0.15) is 0 Å². The summed E-state index contributed by atoms with van der Waals surface area (Å²) in [5, 5.41) is 12.1. The Balaban J connectivity index is 2.74. The van der Waals surface area contributed by atoms with Crippen molar-refractivity contribution in [2.45, 2.75) is 26.3 Å². The molecule has 0 saturated heterocycles. The summed E-state index contributed by atoms with van der Waals surface area (Å²) >= 11 is 0. The fraction of sp³-hybridized carbons (Fsp3) is 0.500. The van der Waals surface area contributed by atoms with Gasteiger partial charge in [-0.05, 0) is 13.8 Å². The van der Waals surface area contributed by atoms with Crippen LogP contribution in [0.2, 0.25) is 0 Å². The number of carboxylic acids is 1. The number of hydrogen-bond donors (Lipinski definition) is 1. The van der Waals surface area contributed by atoms with Crippen LogP contribution in [-0.2, 0) is 4.79 Å². The maximum absolute atomic E-state index is 11.9. The second-order valence-electron chi connectivity index (χ2n) is 3.41. The Hall–Kier alpha value is -1.85. The largest absolute Gasteiger partial charge is 0.481 e. The smallest absolute Gasteiger partial charge is 0.305 e. The summed E-state index contributed by atoms with van der Waals surface area (Å²) in [7, 11) is 0. The molecule has 0 saturated carbocycles. The Bertz CT molecular complexity index is 361. The fourth-order valence-electron chi connectivity index (χ4n) is 1.49. The average molecular weight is 226 g/mol. The van der Waals surface area contributed by atoms with Crippen molar-refractivity contribution < 1.29 is 19.2 Å². The molecule has 0 aromatic carbocycles. The highest BCUT2D eigenvalue weighted by molar-refractivity contribution is 5.91. The topological polar surface area (TPSA) is 83.6 Å². The molecule has 6 nitrogen and oxygen atoms in total. The van der Waals surface area contributed by atoms with Gasteiger partial charge in [0.05, 0.1) is 12.6 Å². The van der Waals surface area contributed by atoms with Crippen molar-refractivity contribution in [2.75, 3.05) is 6.54 Å². The zero-order valence-corrected chi connectivity index (χ0v) is 9.21. The maximum atomic E-state index is 11.9. The lowest BCUT2D eigenvalue weighted by Gasteiger charge is -2.25. The van der Waals surface area contributed by atoms with E-state index in [-0.39, 0.29) is 24.1 Å². The predicted molar refractivity (Wildman–Crippen MR) is 54.9 cm³/mol. The molecule has 6 heteroatoms. The molecule has 1 atom stereocenters. The lowest BCUT2D eigenvalue weighted by Crippen LogP contribution is -2.39.